The third kappa shape index (κ3) is 10.7. The average Bonchev–Trinajstić information content (AvgIpc) is 4.42. The Kier molecular flexibility index (Phi) is 14.8. The largest absolute Gasteiger partial charge is 0.464 e. The fourth-order valence-electron chi connectivity index (χ4n) is 12.0. The highest BCUT2D eigenvalue weighted by Crippen LogP contribution is 2.50. The number of nitrogens with one attached hydrogen (secondary N) is 2. The summed E-state index contributed by atoms with van der Waals surface area (Å²) in [5.41, 5.74) is 26.9. The number of allylic oxidation sites excluding steroid dienone is 2. The van der Waals surface area contributed by atoms with E-state index in [1.807, 2.05) is 18.3 Å². The number of ether oxygens (including phenoxy) is 3. The summed E-state index contributed by atoms with van der Waals surface area (Å²) in [6, 6.07) is 27.2. The van der Waals surface area contributed by atoms with E-state index in [2.05, 4.69) is 65.6 Å². The van der Waals surface area contributed by atoms with Crippen LogP contribution in [0.3, 0.4) is 0 Å². The Morgan fingerprint density at radius 3 is 1.79 bits per heavy atom. The van der Waals surface area contributed by atoms with Crippen molar-refractivity contribution in [3.63, 3.8) is 0 Å². The molecule has 20 nitrogen and oxygen atoms in total. The molecule has 5 atom stereocenters. The zero-order valence-corrected chi connectivity index (χ0v) is 45.7. The first-order chi connectivity index (χ1) is 40.0. The minimum absolute atomic E-state index is 0.175. The monoisotopic (exact) mass is 1120 g/mol. The van der Waals surface area contributed by atoms with E-state index < -0.39 is 36.3 Å². The molecule has 1 unspecified atom stereocenters. The number of carbonyl (C=O) groups is 4. The van der Waals surface area contributed by atoms with Crippen LogP contribution in [0.5, 0.6) is 5.75 Å². The minimum atomic E-state index is -0.942. The lowest BCUT2D eigenvalue weighted by atomic mass is 9.95. The van der Waals surface area contributed by atoms with Crippen LogP contribution in [0.1, 0.15) is 95.5 Å². The van der Waals surface area contributed by atoms with E-state index in [1.54, 1.807) is 75.9 Å². The number of likely N-dealkylation sites (tertiary alicyclic amines) is 2. The predicted octanol–water partition coefficient (Wildman–Crippen LogP) is 12.5. The third-order valence-electron chi connectivity index (χ3n) is 16.2. The van der Waals surface area contributed by atoms with E-state index in [0.29, 0.717) is 78.6 Å². The molecule has 4 aromatic carbocycles. The molecule has 3 fully saturated rings. The number of carbonyl (C=O) groups excluding carboxylic acids is 4. The molecule has 4 amide bonds. The molecular formula is C60H56FN13O7S. The van der Waals surface area contributed by atoms with Gasteiger partial charge in [0.2, 0.25) is 18.0 Å². The molecule has 0 bridgehead atoms. The van der Waals surface area contributed by atoms with Gasteiger partial charge in [-0.25, -0.2) is 14.0 Å². The van der Waals surface area contributed by atoms with Crippen molar-refractivity contribution >= 4 is 80.2 Å². The molecule has 0 radical (unpaired) electrons. The summed E-state index contributed by atoms with van der Waals surface area (Å²) >= 11 is 1.72. The summed E-state index contributed by atoms with van der Waals surface area (Å²) in [5, 5.41) is 13.6. The fourth-order valence-corrected chi connectivity index (χ4v) is 13.2. The zero-order chi connectivity index (χ0) is 56.6. The molecular weight excluding hydrogens is 1070 g/mol. The summed E-state index contributed by atoms with van der Waals surface area (Å²) in [5.74, 6) is -0.0315. The van der Waals surface area contributed by atoms with Gasteiger partial charge in [0.25, 0.3) is 0 Å². The highest BCUT2D eigenvalue weighted by atomic mass is 32.1. The number of hydrogen-bond acceptors (Lipinski definition) is 12. The number of hydrogen-bond donors (Lipinski definition) is 2. The first-order valence-corrected chi connectivity index (χ1v) is 28.1. The van der Waals surface area contributed by atoms with Crippen molar-refractivity contribution in [3.8, 4) is 17.0 Å². The molecule has 22 heteroatoms. The number of aliphatic imine (C=N–C) groups is 2. The van der Waals surface area contributed by atoms with Crippen molar-refractivity contribution in [2.75, 3.05) is 27.3 Å². The molecule has 5 aliphatic heterocycles. The number of rotatable bonds is 16. The van der Waals surface area contributed by atoms with Gasteiger partial charge in [0, 0.05) is 94.1 Å². The number of thiophene rings is 1. The number of fused-ring (bicyclic) bond motifs is 5. The fraction of sp³-hybridized carbons (Fsp3) is 0.333. The van der Waals surface area contributed by atoms with Gasteiger partial charge < -0.3 is 34.6 Å². The predicted molar refractivity (Wildman–Crippen MR) is 308 cm³/mol. The molecule has 2 N–H and O–H groups in total. The summed E-state index contributed by atoms with van der Waals surface area (Å²) in [7, 11) is 2.50. The number of amides is 4. The minimum Gasteiger partial charge on any atom is -0.464 e. The highest BCUT2D eigenvalue weighted by Gasteiger charge is 2.41. The second-order valence-electron chi connectivity index (χ2n) is 21.3. The van der Waals surface area contributed by atoms with Gasteiger partial charge in [-0.2, -0.15) is 0 Å². The van der Waals surface area contributed by atoms with Crippen LogP contribution >= 0.6 is 11.3 Å². The molecule has 2 saturated heterocycles. The van der Waals surface area contributed by atoms with E-state index in [9.17, 15) is 19.2 Å². The van der Waals surface area contributed by atoms with Crippen LogP contribution in [-0.2, 0) is 31.9 Å². The molecule has 82 heavy (non-hydrogen) atoms. The van der Waals surface area contributed by atoms with Gasteiger partial charge in [0.1, 0.15) is 23.7 Å². The molecule has 0 spiro atoms. The lowest BCUT2D eigenvalue weighted by Gasteiger charge is -2.30. The lowest BCUT2D eigenvalue weighted by molar-refractivity contribution is -0.133. The van der Waals surface area contributed by atoms with Crippen molar-refractivity contribution in [3.05, 3.63) is 168 Å². The Labute approximate surface area is 474 Å². The van der Waals surface area contributed by atoms with Crippen molar-refractivity contribution in [2.24, 2.45) is 20.2 Å². The maximum atomic E-state index is 17.2. The Balaban J connectivity index is 0.779. The van der Waals surface area contributed by atoms with Gasteiger partial charge in [-0.1, -0.05) is 64.8 Å². The van der Waals surface area contributed by atoms with E-state index in [1.165, 1.54) is 25.2 Å². The highest BCUT2D eigenvalue weighted by molar-refractivity contribution is 7.12. The van der Waals surface area contributed by atoms with E-state index >= 15 is 4.39 Å². The summed E-state index contributed by atoms with van der Waals surface area (Å²) < 4.78 is 36.1. The number of aromatic nitrogens is 1. The summed E-state index contributed by atoms with van der Waals surface area (Å²) in [6.07, 6.45) is 8.01. The number of benzene rings is 4. The number of methoxy groups -OCH3 is 2. The van der Waals surface area contributed by atoms with Crippen LogP contribution in [0.25, 0.3) is 54.2 Å². The normalized spacial score (nSPS) is 19.5. The molecule has 7 heterocycles. The zero-order valence-electron chi connectivity index (χ0n) is 44.9. The molecule has 416 valence electrons. The number of halogens is 1. The van der Waals surface area contributed by atoms with E-state index in [-0.39, 0.29) is 36.7 Å². The van der Waals surface area contributed by atoms with Crippen LogP contribution in [0.4, 0.5) is 25.4 Å². The molecule has 6 aromatic rings. The molecule has 1 aliphatic carbocycles. The summed E-state index contributed by atoms with van der Waals surface area (Å²) in [4.78, 5) is 75.1. The topological polar surface area (TPSA) is 254 Å². The van der Waals surface area contributed by atoms with Crippen molar-refractivity contribution in [1.82, 2.24) is 25.0 Å². The van der Waals surface area contributed by atoms with Gasteiger partial charge in [-0.15, -0.1) is 11.3 Å². The van der Waals surface area contributed by atoms with E-state index in [4.69, 9.17) is 35.3 Å². The van der Waals surface area contributed by atoms with Crippen LogP contribution < -0.4 is 15.4 Å². The standard InChI is InChI=1S/C60H56FN13O7S/c1-79-59(77)66-46(23-33-7-14-41(15-8-33)68-70-62)56(75)72-21-3-5-49(72)44-27-39(31-64-44)36-13-18-48-38(25-36)29-51-55-43(61)26-37(30-52(55)81-58(74(48)51)54-20-19-53(82-54)35-11-12-35)40-28-45(65-32-40)50-6-4-22-73(50)57(76)47(67-60(78)80-2)24-34-9-16-42(17-10-34)69-71-63/h7-10,13-20,25-26,29-32,35,46-47,49-50,58H,3-6,11-12,21-24,27-28H2,1-2H3,(H,66,77)(H,67,78)/t46-,47-,49-,50-,58?/m0/s1. The lowest BCUT2D eigenvalue weighted by Crippen LogP contribution is -2.52. The second-order valence-corrected chi connectivity index (χ2v) is 22.4. The number of azide groups is 2. The van der Waals surface area contributed by atoms with Crippen molar-refractivity contribution < 1.29 is 37.8 Å². The number of nitrogens with zero attached hydrogens (tertiary/aromatic N) is 11. The van der Waals surface area contributed by atoms with Crippen LogP contribution in [-0.4, -0.2) is 101 Å². The molecule has 6 aliphatic rings. The van der Waals surface area contributed by atoms with Gasteiger partial charge in [-0.3, -0.25) is 24.1 Å². The quantitative estimate of drug-likeness (QED) is 0.0538. The SMILES string of the molecule is COC(=O)N[C@@H](Cc1ccc(N=[N+]=[N-])cc1)C(=O)N1CCC[C@H]1C1=NC=C(c2cc(F)c3c(c2)OC(c2ccc(C4CC4)s2)n2c-3cc3cc(C4=CN=C([C@@H]5CCCN5C(=O)[C@H](Cc5ccc(N=[N+]=[N-])cc5)NC(=O)OC)C4)ccc32)C1. The third-order valence-corrected chi connectivity index (χ3v) is 17.5. The Morgan fingerprint density at radius 1 is 0.707 bits per heavy atom. The van der Waals surface area contributed by atoms with Crippen LogP contribution in [0, 0.1) is 5.82 Å². The Bertz CT molecular complexity index is 3800. The average molecular weight is 1120 g/mol. The maximum Gasteiger partial charge on any atom is 0.407 e. The van der Waals surface area contributed by atoms with Crippen LogP contribution in [0.15, 0.2) is 130 Å². The molecule has 1 saturated carbocycles. The summed E-state index contributed by atoms with van der Waals surface area (Å²) in [6.45, 7) is 0.963. The second kappa shape index (κ2) is 22.7. The van der Waals surface area contributed by atoms with E-state index in [0.717, 1.165) is 80.7 Å². The smallest absolute Gasteiger partial charge is 0.407 e. The molecule has 12 rings (SSSR count). The first kappa shape index (κ1) is 53.4. The Hall–Kier alpha value is -9.23. The maximum absolute atomic E-state index is 17.2. The Morgan fingerprint density at radius 2 is 1.26 bits per heavy atom. The first-order valence-electron chi connectivity index (χ1n) is 27.3. The van der Waals surface area contributed by atoms with Crippen molar-refractivity contribution in [1.29, 1.82) is 0 Å². The van der Waals surface area contributed by atoms with Crippen LogP contribution in [0.2, 0.25) is 0 Å². The molecule has 2 aromatic heterocycles. The number of alkyl carbamates (subject to hydrolysis) is 2. The van der Waals surface area contributed by atoms with Gasteiger partial charge in [-0.05, 0) is 131 Å². The van der Waals surface area contributed by atoms with Gasteiger partial charge in [0.15, 0.2) is 0 Å². The van der Waals surface area contributed by atoms with Gasteiger partial charge in [0.05, 0.1) is 48.0 Å². The van der Waals surface area contributed by atoms with Crippen molar-refractivity contribution in [2.45, 2.75) is 101 Å². The van der Waals surface area contributed by atoms with Gasteiger partial charge >= 0.3 is 12.2 Å².